The van der Waals surface area contributed by atoms with Gasteiger partial charge in [-0.15, -0.1) is 0 Å². The molecule has 0 spiro atoms. The third-order valence-corrected chi connectivity index (χ3v) is 2.65. The highest BCUT2D eigenvalue weighted by Crippen LogP contribution is 2.27. The van der Waals surface area contributed by atoms with Gasteiger partial charge in [0.15, 0.2) is 6.29 Å². The lowest BCUT2D eigenvalue weighted by Crippen LogP contribution is -1.88. The molecule has 0 aliphatic carbocycles. The molecular formula is C14H11FO2. The molecule has 0 amide bonds. The lowest BCUT2D eigenvalue weighted by molar-refractivity contribution is 0.112. The number of rotatable bonds is 2. The first-order chi connectivity index (χ1) is 8.11. The Morgan fingerprint density at radius 2 is 1.94 bits per heavy atom. The minimum atomic E-state index is -0.291. The summed E-state index contributed by atoms with van der Waals surface area (Å²) in [5, 5.41) is 9.40. The Kier molecular flexibility index (Phi) is 2.91. The molecule has 1 N–H and O–H groups in total. The molecule has 2 rings (SSSR count). The number of hydrogen-bond donors (Lipinski definition) is 1. The van der Waals surface area contributed by atoms with E-state index in [1.165, 1.54) is 18.2 Å². The fourth-order valence-corrected chi connectivity index (χ4v) is 1.77. The highest BCUT2D eigenvalue weighted by Gasteiger charge is 2.06. The van der Waals surface area contributed by atoms with Crippen LogP contribution in [0.2, 0.25) is 0 Å². The molecule has 2 aromatic rings. The average Bonchev–Trinajstić information content (AvgIpc) is 2.30. The van der Waals surface area contributed by atoms with Crippen LogP contribution in [-0.2, 0) is 0 Å². The van der Waals surface area contributed by atoms with Crippen molar-refractivity contribution in [3.05, 3.63) is 53.3 Å². The molecule has 0 radical (unpaired) electrons. The van der Waals surface area contributed by atoms with Gasteiger partial charge in [0, 0.05) is 0 Å². The largest absolute Gasteiger partial charge is 0.507 e. The average molecular weight is 230 g/mol. The zero-order chi connectivity index (χ0) is 12.4. The number of carbonyl (C=O) groups is 1. The second-order valence-electron chi connectivity index (χ2n) is 3.85. The second-order valence-corrected chi connectivity index (χ2v) is 3.85. The summed E-state index contributed by atoms with van der Waals surface area (Å²) in [7, 11) is 0. The fourth-order valence-electron chi connectivity index (χ4n) is 1.77. The summed E-state index contributed by atoms with van der Waals surface area (Å²) in [6.07, 6.45) is 0.595. The number of aryl methyl sites for hydroxylation is 1. The van der Waals surface area contributed by atoms with Gasteiger partial charge >= 0.3 is 0 Å². The molecule has 0 bridgehead atoms. The van der Waals surface area contributed by atoms with Gasteiger partial charge in [-0.3, -0.25) is 4.79 Å². The molecule has 0 saturated heterocycles. The van der Waals surface area contributed by atoms with Crippen molar-refractivity contribution in [3.8, 4) is 16.9 Å². The molecule has 0 aliphatic heterocycles. The van der Waals surface area contributed by atoms with Gasteiger partial charge in [-0.2, -0.15) is 0 Å². The third kappa shape index (κ3) is 2.18. The first-order valence-corrected chi connectivity index (χ1v) is 5.16. The maximum atomic E-state index is 13.0. The van der Waals surface area contributed by atoms with Gasteiger partial charge in [-0.25, -0.2) is 4.39 Å². The summed E-state index contributed by atoms with van der Waals surface area (Å²) < 4.78 is 13.0. The van der Waals surface area contributed by atoms with Crippen molar-refractivity contribution in [1.82, 2.24) is 0 Å². The summed E-state index contributed by atoms with van der Waals surface area (Å²) in [6.45, 7) is 1.80. The third-order valence-electron chi connectivity index (χ3n) is 2.65. The number of hydrogen-bond acceptors (Lipinski definition) is 2. The minimum Gasteiger partial charge on any atom is -0.507 e. The minimum absolute atomic E-state index is 0.0523. The maximum Gasteiger partial charge on any atom is 0.153 e. The Balaban J connectivity index is 2.56. The van der Waals surface area contributed by atoms with Crippen molar-refractivity contribution in [1.29, 1.82) is 0 Å². The summed E-state index contributed by atoms with van der Waals surface area (Å²) in [5.41, 5.74) is 2.63. The summed E-state index contributed by atoms with van der Waals surface area (Å²) in [4.78, 5) is 10.7. The molecular weight excluding hydrogens is 219 g/mol. The van der Waals surface area contributed by atoms with Crippen LogP contribution in [-0.4, -0.2) is 11.4 Å². The molecule has 2 aromatic carbocycles. The number of aldehydes is 1. The molecule has 86 valence electrons. The van der Waals surface area contributed by atoms with Crippen LogP contribution in [0.1, 0.15) is 15.9 Å². The van der Waals surface area contributed by atoms with Crippen molar-refractivity contribution in [2.75, 3.05) is 0 Å². The van der Waals surface area contributed by atoms with Gasteiger partial charge in [0.25, 0.3) is 0 Å². The first-order valence-electron chi connectivity index (χ1n) is 5.16. The van der Waals surface area contributed by atoms with Crippen LogP contribution in [0.25, 0.3) is 11.1 Å². The molecule has 3 heteroatoms. The number of carbonyl (C=O) groups excluding carboxylic acids is 1. The molecule has 0 unspecified atom stereocenters. The highest BCUT2D eigenvalue weighted by molar-refractivity contribution is 5.83. The van der Waals surface area contributed by atoms with Crippen molar-refractivity contribution in [2.24, 2.45) is 0 Å². The Labute approximate surface area is 98.3 Å². The summed E-state index contributed by atoms with van der Waals surface area (Å²) >= 11 is 0. The number of phenolic OH excluding ortho intramolecular Hbond substituents is 1. The highest BCUT2D eigenvalue weighted by atomic mass is 19.1. The van der Waals surface area contributed by atoms with Crippen LogP contribution in [0.4, 0.5) is 4.39 Å². The Morgan fingerprint density at radius 1 is 1.18 bits per heavy atom. The van der Waals surface area contributed by atoms with E-state index >= 15 is 0 Å². The lowest BCUT2D eigenvalue weighted by atomic mass is 9.98. The molecule has 0 aliphatic rings. The van der Waals surface area contributed by atoms with Crippen LogP contribution in [0, 0.1) is 12.7 Å². The number of phenols is 1. The lowest BCUT2D eigenvalue weighted by Gasteiger charge is -2.07. The maximum absolute atomic E-state index is 13.0. The van der Waals surface area contributed by atoms with Crippen molar-refractivity contribution < 1.29 is 14.3 Å². The Bertz CT molecular complexity index is 576. The van der Waals surface area contributed by atoms with Crippen LogP contribution in [0.3, 0.4) is 0 Å². The molecule has 0 fully saturated rings. The van der Waals surface area contributed by atoms with Crippen LogP contribution in [0.5, 0.6) is 5.75 Å². The number of benzene rings is 2. The molecule has 0 heterocycles. The molecule has 0 aromatic heterocycles. The van der Waals surface area contributed by atoms with E-state index in [0.717, 1.165) is 16.7 Å². The SMILES string of the molecule is Cc1cc(F)ccc1-c1ccc(O)c(C=O)c1. The van der Waals surface area contributed by atoms with Crippen LogP contribution in [0.15, 0.2) is 36.4 Å². The van der Waals surface area contributed by atoms with E-state index in [4.69, 9.17) is 0 Å². The predicted molar refractivity (Wildman–Crippen MR) is 63.6 cm³/mol. The van der Waals surface area contributed by atoms with E-state index in [1.54, 1.807) is 25.1 Å². The summed E-state index contributed by atoms with van der Waals surface area (Å²) in [5.74, 6) is -0.343. The quantitative estimate of drug-likeness (QED) is 0.803. The standard InChI is InChI=1S/C14H11FO2/c1-9-6-12(15)3-4-13(9)10-2-5-14(17)11(7-10)8-16/h2-8,17H,1H3. The number of halogens is 1. The van der Waals surface area contributed by atoms with Gasteiger partial charge in [0.05, 0.1) is 5.56 Å². The number of aromatic hydroxyl groups is 1. The monoisotopic (exact) mass is 230 g/mol. The van der Waals surface area contributed by atoms with E-state index in [0.29, 0.717) is 6.29 Å². The zero-order valence-corrected chi connectivity index (χ0v) is 9.27. The van der Waals surface area contributed by atoms with Crippen LogP contribution >= 0.6 is 0 Å². The van der Waals surface area contributed by atoms with Crippen LogP contribution < -0.4 is 0 Å². The predicted octanol–water partition coefficient (Wildman–Crippen LogP) is 3.32. The Morgan fingerprint density at radius 3 is 2.59 bits per heavy atom. The van der Waals surface area contributed by atoms with E-state index < -0.39 is 0 Å². The van der Waals surface area contributed by atoms with Gasteiger partial charge in [0.1, 0.15) is 11.6 Å². The topological polar surface area (TPSA) is 37.3 Å². The molecule has 0 atom stereocenters. The molecule has 0 saturated carbocycles. The normalized spacial score (nSPS) is 10.2. The van der Waals surface area contributed by atoms with Gasteiger partial charge in [-0.05, 0) is 47.9 Å². The van der Waals surface area contributed by atoms with Gasteiger partial charge < -0.3 is 5.11 Å². The van der Waals surface area contributed by atoms with Crippen molar-refractivity contribution in [2.45, 2.75) is 6.92 Å². The Hall–Kier alpha value is -2.16. The van der Waals surface area contributed by atoms with Gasteiger partial charge in [0.2, 0.25) is 0 Å². The van der Waals surface area contributed by atoms with E-state index in [1.807, 2.05) is 0 Å². The van der Waals surface area contributed by atoms with Gasteiger partial charge in [-0.1, -0.05) is 12.1 Å². The van der Waals surface area contributed by atoms with Crippen molar-refractivity contribution in [3.63, 3.8) is 0 Å². The summed E-state index contributed by atoms with van der Waals surface area (Å²) in [6, 6.07) is 9.21. The van der Waals surface area contributed by atoms with E-state index in [2.05, 4.69) is 0 Å². The first kappa shape index (κ1) is 11.3. The van der Waals surface area contributed by atoms with E-state index in [-0.39, 0.29) is 17.1 Å². The zero-order valence-electron chi connectivity index (χ0n) is 9.27. The second kappa shape index (κ2) is 4.37. The smallest absolute Gasteiger partial charge is 0.153 e. The van der Waals surface area contributed by atoms with Crippen molar-refractivity contribution >= 4 is 6.29 Å². The van der Waals surface area contributed by atoms with E-state index in [9.17, 15) is 14.3 Å². The fraction of sp³-hybridized carbons (Fsp3) is 0.0714. The molecule has 17 heavy (non-hydrogen) atoms. The molecule has 2 nitrogen and oxygen atoms in total.